The van der Waals surface area contributed by atoms with Crippen LogP contribution in [0.25, 0.3) is 0 Å². The predicted molar refractivity (Wildman–Crippen MR) is 91.3 cm³/mol. The molecule has 1 amide bonds. The number of hydrogen-bond acceptors (Lipinski definition) is 3. The van der Waals surface area contributed by atoms with E-state index in [1.54, 1.807) is 4.90 Å². The van der Waals surface area contributed by atoms with Crippen LogP contribution in [0.15, 0.2) is 24.3 Å². The third-order valence-electron chi connectivity index (χ3n) is 4.07. The van der Waals surface area contributed by atoms with E-state index < -0.39 is 6.04 Å². The zero-order valence-electron chi connectivity index (χ0n) is 12.8. The average molecular weight is 347 g/mol. The molecule has 1 aliphatic heterocycles. The summed E-state index contributed by atoms with van der Waals surface area (Å²) in [5, 5.41) is 0.684. The minimum Gasteiger partial charge on any atom is -0.381 e. The van der Waals surface area contributed by atoms with Crippen molar-refractivity contribution in [2.45, 2.75) is 32.4 Å². The van der Waals surface area contributed by atoms with E-state index in [0.717, 1.165) is 18.4 Å². The van der Waals surface area contributed by atoms with Gasteiger partial charge in [-0.1, -0.05) is 29.8 Å². The maximum absolute atomic E-state index is 12.6. The lowest BCUT2D eigenvalue weighted by Gasteiger charge is -2.31. The van der Waals surface area contributed by atoms with Gasteiger partial charge in [-0.2, -0.15) is 0 Å². The van der Waals surface area contributed by atoms with Gasteiger partial charge >= 0.3 is 0 Å². The highest BCUT2D eigenvalue weighted by Gasteiger charge is 2.29. The molecule has 2 N–H and O–H groups in total. The first-order chi connectivity index (χ1) is 10.1. The summed E-state index contributed by atoms with van der Waals surface area (Å²) in [5.41, 5.74) is 7.13. The van der Waals surface area contributed by atoms with E-state index in [-0.39, 0.29) is 24.2 Å². The molecule has 2 rings (SSSR count). The van der Waals surface area contributed by atoms with E-state index in [9.17, 15) is 4.79 Å². The summed E-state index contributed by atoms with van der Waals surface area (Å²) < 4.78 is 5.33. The zero-order valence-corrected chi connectivity index (χ0v) is 14.4. The van der Waals surface area contributed by atoms with E-state index in [2.05, 4.69) is 0 Å². The van der Waals surface area contributed by atoms with E-state index in [1.807, 2.05) is 31.2 Å². The second kappa shape index (κ2) is 9.36. The van der Waals surface area contributed by atoms with Gasteiger partial charge in [-0.3, -0.25) is 4.79 Å². The number of halogens is 2. The minimum absolute atomic E-state index is 0. The lowest BCUT2D eigenvalue weighted by molar-refractivity contribution is -0.135. The van der Waals surface area contributed by atoms with Crippen LogP contribution in [0.4, 0.5) is 0 Å². The Balaban J connectivity index is 0.00000242. The lowest BCUT2D eigenvalue weighted by Crippen LogP contribution is -2.48. The van der Waals surface area contributed by atoms with Crippen LogP contribution in [-0.4, -0.2) is 36.6 Å². The van der Waals surface area contributed by atoms with Crippen molar-refractivity contribution < 1.29 is 9.53 Å². The Hall–Kier alpha value is -0.810. The molecule has 124 valence electrons. The molecule has 0 saturated carbocycles. The van der Waals surface area contributed by atoms with Gasteiger partial charge in [0.05, 0.1) is 6.04 Å². The van der Waals surface area contributed by atoms with Crippen LogP contribution in [-0.2, 0) is 16.1 Å². The smallest absolute Gasteiger partial charge is 0.240 e. The van der Waals surface area contributed by atoms with Crippen molar-refractivity contribution in [3.63, 3.8) is 0 Å². The quantitative estimate of drug-likeness (QED) is 0.891. The van der Waals surface area contributed by atoms with Crippen LogP contribution >= 0.6 is 24.0 Å². The Morgan fingerprint density at radius 1 is 1.41 bits per heavy atom. The third-order valence-corrected chi connectivity index (χ3v) is 4.44. The molecule has 0 spiro atoms. The fourth-order valence-electron chi connectivity index (χ4n) is 2.67. The molecule has 1 atom stereocenters. The van der Waals surface area contributed by atoms with Gasteiger partial charge < -0.3 is 15.4 Å². The van der Waals surface area contributed by atoms with Crippen LogP contribution in [0.3, 0.4) is 0 Å². The van der Waals surface area contributed by atoms with E-state index >= 15 is 0 Å². The Morgan fingerprint density at radius 3 is 2.64 bits per heavy atom. The van der Waals surface area contributed by atoms with Crippen molar-refractivity contribution in [1.29, 1.82) is 0 Å². The number of ether oxygens (including phenoxy) is 1. The summed E-state index contributed by atoms with van der Waals surface area (Å²) in [5.74, 6) is 0.218. The summed E-state index contributed by atoms with van der Waals surface area (Å²) in [6.45, 7) is 4.49. The van der Waals surface area contributed by atoms with Crippen molar-refractivity contribution >= 4 is 29.9 Å². The largest absolute Gasteiger partial charge is 0.381 e. The summed E-state index contributed by atoms with van der Waals surface area (Å²) in [4.78, 5) is 14.4. The SMILES string of the molecule is CCN(Cc1ccccc1Cl)C(=O)C(N)C1CCOCC1.Cl. The Bertz CT molecular complexity index is 479. The van der Waals surface area contributed by atoms with Crippen molar-refractivity contribution in [2.75, 3.05) is 19.8 Å². The first-order valence-corrected chi connectivity index (χ1v) is 7.86. The summed E-state index contributed by atoms with van der Waals surface area (Å²) in [7, 11) is 0. The maximum atomic E-state index is 12.6. The van der Waals surface area contributed by atoms with Crippen molar-refractivity contribution in [1.82, 2.24) is 4.90 Å². The number of nitrogens with two attached hydrogens (primary N) is 1. The van der Waals surface area contributed by atoms with Gasteiger partial charge in [0.15, 0.2) is 0 Å². The van der Waals surface area contributed by atoms with Gasteiger partial charge in [0, 0.05) is 31.3 Å². The van der Waals surface area contributed by atoms with Crippen LogP contribution in [0.2, 0.25) is 5.02 Å². The molecule has 22 heavy (non-hydrogen) atoms. The molecule has 0 aromatic heterocycles. The van der Waals surface area contributed by atoms with Gasteiger partial charge in [0.25, 0.3) is 0 Å². The molecule has 1 unspecified atom stereocenters. The normalized spacial score (nSPS) is 16.7. The summed E-state index contributed by atoms with van der Waals surface area (Å²) in [6.07, 6.45) is 1.72. The molecule has 0 bridgehead atoms. The fourth-order valence-corrected chi connectivity index (χ4v) is 2.86. The standard InChI is InChI=1S/C16H23ClN2O2.ClH/c1-2-19(11-13-5-3-4-6-14(13)17)16(20)15(18)12-7-9-21-10-8-12;/h3-6,12,15H,2,7-11,18H2,1H3;1H. The molecule has 1 aromatic rings. The number of carbonyl (C=O) groups is 1. The van der Waals surface area contributed by atoms with E-state index in [0.29, 0.717) is 31.3 Å². The van der Waals surface area contributed by atoms with Gasteiger partial charge in [0.1, 0.15) is 0 Å². The first kappa shape index (κ1) is 19.2. The molecule has 1 saturated heterocycles. The predicted octanol–water partition coefficient (Wildman–Crippen LogP) is 2.86. The number of likely N-dealkylation sites (N-methyl/N-ethyl adjacent to an activating group) is 1. The molecule has 1 heterocycles. The monoisotopic (exact) mass is 346 g/mol. The third kappa shape index (κ3) is 4.85. The highest BCUT2D eigenvalue weighted by molar-refractivity contribution is 6.31. The Kier molecular flexibility index (Phi) is 8.18. The molecule has 4 nitrogen and oxygen atoms in total. The Labute approximate surface area is 143 Å². The number of rotatable bonds is 5. The highest BCUT2D eigenvalue weighted by atomic mass is 35.5. The topological polar surface area (TPSA) is 55.6 Å². The van der Waals surface area contributed by atoms with Gasteiger partial charge in [-0.25, -0.2) is 0 Å². The molecule has 6 heteroatoms. The van der Waals surface area contributed by atoms with Crippen LogP contribution in [0, 0.1) is 5.92 Å². The molecule has 1 aromatic carbocycles. The van der Waals surface area contributed by atoms with Gasteiger partial charge in [-0.15, -0.1) is 12.4 Å². The second-order valence-electron chi connectivity index (χ2n) is 5.42. The Morgan fingerprint density at radius 2 is 2.05 bits per heavy atom. The number of hydrogen-bond donors (Lipinski definition) is 1. The number of carbonyl (C=O) groups excluding carboxylic acids is 1. The molecule has 0 radical (unpaired) electrons. The minimum atomic E-state index is -0.448. The van der Waals surface area contributed by atoms with Crippen LogP contribution < -0.4 is 5.73 Å². The number of amides is 1. The van der Waals surface area contributed by atoms with Gasteiger partial charge in [0.2, 0.25) is 5.91 Å². The van der Waals surface area contributed by atoms with Crippen LogP contribution in [0.5, 0.6) is 0 Å². The van der Waals surface area contributed by atoms with Crippen molar-refractivity contribution in [2.24, 2.45) is 11.7 Å². The van der Waals surface area contributed by atoms with Crippen molar-refractivity contribution in [3.05, 3.63) is 34.9 Å². The highest BCUT2D eigenvalue weighted by Crippen LogP contribution is 2.21. The number of benzene rings is 1. The summed E-state index contributed by atoms with van der Waals surface area (Å²) >= 11 is 6.17. The van der Waals surface area contributed by atoms with Gasteiger partial charge in [-0.05, 0) is 37.3 Å². The first-order valence-electron chi connectivity index (χ1n) is 7.49. The lowest BCUT2D eigenvalue weighted by atomic mass is 9.91. The average Bonchev–Trinajstić information content (AvgIpc) is 2.53. The molecule has 1 aliphatic rings. The van der Waals surface area contributed by atoms with E-state index in [1.165, 1.54) is 0 Å². The molecular formula is C16H24Cl2N2O2. The molecular weight excluding hydrogens is 323 g/mol. The molecule has 1 fully saturated rings. The second-order valence-corrected chi connectivity index (χ2v) is 5.83. The maximum Gasteiger partial charge on any atom is 0.240 e. The number of nitrogens with zero attached hydrogens (tertiary/aromatic N) is 1. The van der Waals surface area contributed by atoms with E-state index in [4.69, 9.17) is 22.1 Å². The zero-order chi connectivity index (χ0) is 15.2. The molecule has 0 aliphatic carbocycles. The summed E-state index contributed by atoms with van der Waals surface area (Å²) in [6, 6.07) is 7.15. The van der Waals surface area contributed by atoms with Crippen molar-refractivity contribution in [3.8, 4) is 0 Å². The van der Waals surface area contributed by atoms with Crippen LogP contribution in [0.1, 0.15) is 25.3 Å². The fraction of sp³-hybridized carbons (Fsp3) is 0.562.